The molecule has 4 N–H and O–H groups in total. The van der Waals surface area contributed by atoms with Crippen LogP contribution in [0.2, 0.25) is 0 Å². The van der Waals surface area contributed by atoms with Crippen LogP contribution in [0, 0.1) is 0 Å². The van der Waals surface area contributed by atoms with Crippen molar-refractivity contribution in [3.63, 3.8) is 0 Å². The predicted octanol–water partition coefficient (Wildman–Crippen LogP) is 3.17. The van der Waals surface area contributed by atoms with Crippen molar-refractivity contribution in [3.8, 4) is 0 Å². The third kappa shape index (κ3) is 35.5. The van der Waals surface area contributed by atoms with Gasteiger partial charge in [-0.3, -0.25) is 29.1 Å². The van der Waals surface area contributed by atoms with Crippen molar-refractivity contribution < 1.29 is 36.2 Å². The van der Waals surface area contributed by atoms with Gasteiger partial charge in [-0.25, -0.2) is 0 Å². The Balaban J connectivity index is -0.000000281. The summed E-state index contributed by atoms with van der Waals surface area (Å²) >= 11 is 0. The molecule has 148 valence electrons. The minimum Gasteiger partial charge on any atom is -0.283 e. The Bertz CT molecular complexity index is 500. The van der Waals surface area contributed by atoms with Crippen molar-refractivity contribution in [2.75, 3.05) is 0 Å². The van der Waals surface area contributed by atoms with Crippen LogP contribution < -0.4 is 0 Å². The Hall–Kier alpha value is -2.50. The molecule has 0 fully saturated rings. The van der Waals surface area contributed by atoms with E-state index < -0.39 is 0 Å². The molecule has 2 rings (SSSR count). The molecule has 0 bridgehead atoms. The topological polar surface area (TPSA) is 111 Å². The maximum Gasteiger partial charge on any atom is 0.302 e. The minimum atomic E-state index is 0. The summed E-state index contributed by atoms with van der Waals surface area (Å²) in [5.41, 5.74) is 0. The molecule has 0 saturated heterocycles. The number of nitrogens with zero attached hydrogens (tertiary/aromatic N) is 2. The van der Waals surface area contributed by atoms with Gasteiger partial charge in [0.05, 0.1) is 0 Å². The van der Waals surface area contributed by atoms with Crippen molar-refractivity contribution in [1.29, 1.82) is 0 Å². The van der Waals surface area contributed by atoms with Crippen LogP contribution in [-0.2, 0) is 17.1 Å². The zero-order chi connectivity index (χ0) is 20.2. The molecule has 7 heteroatoms. The maximum absolute atomic E-state index is 8.46. The van der Waals surface area contributed by atoms with Gasteiger partial charge in [-0.15, -0.1) is 0 Å². The average molecular weight is 418 g/mol. The first kappa shape index (κ1) is 29.3. The van der Waals surface area contributed by atoms with E-state index in [0.717, 1.165) is 0 Å². The third-order valence-electron chi connectivity index (χ3n) is 2.16. The van der Waals surface area contributed by atoms with Crippen LogP contribution in [0.1, 0.15) is 40.5 Å². The van der Waals surface area contributed by atoms with Crippen molar-refractivity contribution >= 4 is 23.1 Å². The minimum absolute atomic E-state index is 0. The Labute approximate surface area is 171 Å². The van der Waals surface area contributed by atoms with Gasteiger partial charge in [-0.2, -0.15) is 0 Å². The first-order valence-electron chi connectivity index (χ1n) is 8.01. The van der Waals surface area contributed by atoms with E-state index in [2.05, 4.69) is 9.97 Å². The fourth-order valence-corrected chi connectivity index (χ4v) is 1.37. The fourth-order valence-electron chi connectivity index (χ4n) is 1.37. The van der Waals surface area contributed by atoms with Gasteiger partial charge in [0.15, 0.2) is 12.8 Å². The first-order chi connectivity index (χ1) is 12.3. The van der Waals surface area contributed by atoms with Gasteiger partial charge in [-0.1, -0.05) is 12.1 Å². The summed E-state index contributed by atoms with van der Waals surface area (Å²) in [5, 5.41) is 0. The van der Waals surface area contributed by atoms with E-state index in [9.17, 15) is 0 Å². The number of aromatic nitrogens is 2. The Morgan fingerprint density at radius 2 is 0.741 bits per heavy atom. The fraction of sp³-hybridized carbons (Fsp3) is 0.300. The van der Waals surface area contributed by atoms with Gasteiger partial charge in [-0.05, 0) is 24.3 Å². The second kappa shape index (κ2) is 21.5. The van der Waals surface area contributed by atoms with Crippen molar-refractivity contribution in [2.24, 2.45) is 0 Å². The molecule has 0 unspecified atom stereocenters. The molecule has 0 radical (unpaired) electrons. The first-order valence-corrected chi connectivity index (χ1v) is 8.01. The summed E-state index contributed by atoms with van der Waals surface area (Å²) in [6.07, 6.45) is 7.61. The number of ketones is 4. The molecule has 0 amide bonds. The Morgan fingerprint density at radius 3 is 0.778 bits per heavy atom. The monoisotopic (exact) mass is 418 g/mol. The maximum atomic E-state index is 8.46. The van der Waals surface area contributed by atoms with Crippen LogP contribution >= 0.6 is 0 Å². The quantitative estimate of drug-likeness (QED) is 0.432. The summed E-state index contributed by atoms with van der Waals surface area (Å²) in [7, 11) is 0. The zero-order valence-corrected chi connectivity index (χ0v) is 17.3. The van der Waals surface area contributed by atoms with E-state index >= 15 is 0 Å². The van der Waals surface area contributed by atoms with Crippen LogP contribution in [-0.4, -0.2) is 52.3 Å². The van der Waals surface area contributed by atoms with E-state index in [1.807, 2.05) is 36.4 Å². The van der Waals surface area contributed by atoms with Crippen molar-refractivity contribution in [3.05, 3.63) is 61.2 Å². The molecule has 0 aliphatic carbocycles. The van der Waals surface area contributed by atoms with Crippen LogP contribution in [0.4, 0.5) is 0 Å². The van der Waals surface area contributed by atoms with Gasteiger partial charge >= 0.3 is 23.1 Å². The largest absolute Gasteiger partial charge is 0.302 e. The second-order valence-electron chi connectivity index (χ2n) is 5.34. The summed E-state index contributed by atoms with van der Waals surface area (Å²) in [5.74, 6) is 1.00. The molecule has 0 saturated carbocycles. The smallest absolute Gasteiger partial charge is 0.283 e. The number of hydrogen-bond acceptors (Lipinski definition) is 2. The summed E-state index contributed by atoms with van der Waals surface area (Å²) in [6.45, 7) is 6.22. The SMILES string of the molecule is CC(=[OH+])CC(C)=[OH+].CC(=[OH+])CC(C)=[OH+].[Fe].c1ccncc1.c1ccncc1. The molecule has 0 aliphatic rings. The molecular weight excluding hydrogens is 388 g/mol. The molecule has 6 nitrogen and oxygen atoms in total. The number of rotatable bonds is 4. The molecule has 0 spiro atoms. The molecule has 2 heterocycles. The number of carbonyl (C=O) groups excluding carboxylic acids is 4. The molecule has 0 aliphatic heterocycles. The predicted molar refractivity (Wildman–Crippen MR) is 108 cm³/mol. The molecule has 27 heavy (non-hydrogen) atoms. The van der Waals surface area contributed by atoms with Gasteiger partial charge < -0.3 is 0 Å². The van der Waals surface area contributed by atoms with E-state index in [1.54, 1.807) is 52.5 Å². The van der Waals surface area contributed by atoms with Gasteiger partial charge in [0.1, 0.15) is 0 Å². The summed E-state index contributed by atoms with van der Waals surface area (Å²) in [6, 6.07) is 11.4. The van der Waals surface area contributed by atoms with Crippen LogP contribution in [0.3, 0.4) is 0 Å². The van der Waals surface area contributed by atoms with E-state index in [0.29, 0.717) is 12.8 Å². The van der Waals surface area contributed by atoms with Crippen LogP contribution in [0.25, 0.3) is 0 Å². The summed E-state index contributed by atoms with van der Waals surface area (Å²) in [4.78, 5) is 41.4. The van der Waals surface area contributed by atoms with E-state index in [4.69, 9.17) is 19.2 Å². The standard InChI is InChI=1S/2C5H5N.2C5H8O2.Fe/c2*1-2-4-6-5-3-1;2*1-4(6)3-5(2)7;/h2*1-5H;2*3H2,1-2H3;/p+4. The average Bonchev–Trinajstić information content (AvgIpc) is 2.57. The molecule has 0 atom stereocenters. The van der Waals surface area contributed by atoms with Crippen LogP contribution in [0.15, 0.2) is 61.2 Å². The normalized spacial score (nSPS) is 7.85. The van der Waals surface area contributed by atoms with Gasteiger partial charge in [0, 0.05) is 69.6 Å². The second-order valence-corrected chi connectivity index (χ2v) is 5.34. The van der Waals surface area contributed by atoms with Gasteiger partial charge in [0.25, 0.3) is 0 Å². The van der Waals surface area contributed by atoms with Crippen LogP contribution in [0.5, 0.6) is 0 Å². The van der Waals surface area contributed by atoms with E-state index in [1.165, 1.54) is 0 Å². The number of pyridine rings is 2. The molecule has 2 aromatic rings. The van der Waals surface area contributed by atoms with E-state index in [-0.39, 0.29) is 40.2 Å². The number of hydrogen-bond donors (Lipinski definition) is 0. The van der Waals surface area contributed by atoms with Crippen molar-refractivity contribution in [2.45, 2.75) is 40.5 Å². The van der Waals surface area contributed by atoms with Crippen molar-refractivity contribution in [1.82, 2.24) is 9.97 Å². The summed E-state index contributed by atoms with van der Waals surface area (Å²) < 4.78 is 0. The third-order valence-corrected chi connectivity index (χ3v) is 2.16. The molecular formula is C20H30FeN2O4+4. The molecule has 2 aromatic heterocycles. The van der Waals surface area contributed by atoms with Gasteiger partial charge in [0.2, 0.25) is 0 Å². The Morgan fingerprint density at radius 1 is 0.519 bits per heavy atom. The molecule has 0 aromatic carbocycles. The Kier molecular flexibility index (Phi) is 23.4. The zero-order valence-electron chi connectivity index (χ0n) is 16.2.